The molecule has 5 heteroatoms. The number of nitrogens with zero attached hydrogens (tertiary/aromatic N) is 4. The standard InChI is InChI=1S/C11H21N5/c1-4-6-12-8(3)11-13-14-15-16(11)10-7-9(10)5-2/h8-10,12H,4-7H2,1-3H3. The van der Waals surface area contributed by atoms with Crippen molar-refractivity contribution in [2.45, 2.75) is 52.1 Å². The molecule has 0 aromatic carbocycles. The maximum atomic E-state index is 4.14. The largest absolute Gasteiger partial charge is 0.307 e. The molecule has 90 valence electrons. The van der Waals surface area contributed by atoms with E-state index in [-0.39, 0.29) is 6.04 Å². The monoisotopic (exact) mass is 223 g/mol. The van der Waals surface area contributed by atoms with Gasteiger partial charge >= 0.3 is 0 Å². The summed E-state index contributed by atoms with van der Waals surface area (Å²) in [7, 11) is 0. The smallest absolute Gasteiger partial charge is 0.168 e. The number of nitrogens with one attached hydrogen (secondary N) is 1. The molecule has 1 heterocycles. The van der Waals surface area contributed by atoms with E-state index in [2.05, 4.69) is 41.6 Å². The molecule has 1 aromatic heterocycles. The van der Waals surface area contributed by atoms with Crippen LogP contribution < -0.4 is 5.32 Å². The molecule has 3 atom stereocenters. The topological polar surface area (TPSA) is 55.6 Å². The molecule has 0 aliphatic heterocycles. The average molecular weight is 223 g/mol. The van der Waals surface area contributed by atoms with Crippen LogP contribution in [-0.4, -0.2) is 26.8 Å². The third kappa shape index (κ3) is 2.24. The lowest BCUT2D eigenvalue weighted by Gasteiger charge is -2.12. The second-order valence-electron chi connectivity index (χ2n) is 4.63. The number of aromatic nitrogens is 4. The average Bonchev–Trinajstić information content (AvgIpc) is 2.93. The van der Waals surface area contributed by atoms with E-state index in [0.29, 0.717) is 6.04 Å². The van der Waals surface area contributed by atoms with Gasteiger partial charge in [0.05, 0.1) is 12.1 Å². The number of tetrazole rings is 1. The lowest BCUT2D eigenvalue weighted by atomic mass is 10.3. The fourth-order valence-electron chi connectivity index (χ4n) is 2.14. The van der Waals surface area contributed by atoms with Gasteiger partial charge in [0.2, 0.25) is 0 Å². The maximum absolute atomic E-state index is 4.14. The van der Waals surface area contributed by atoms with E-state index >= 15 is 0 Å². The second kappa shape index (κ2) is 4.91. The minimum absolute atomic E-state index is 0.244. The molecule has 1 aromatic rings. The summed E-state index contributed by atoms with van der Waals surface area (Å²) in [5.41, 5.74) is 0. The summed E-state index contributed by atoms with van der Waals surface area (Å²) >= 11 is 0. The Bertz CT molecular complexity index is 335. The summed E-state index contributed by atoms with van der Waals surface area (Å²) in [5.74, 6) is 1.76. The normalized spacial score (nSPS) is 25.7. The van der Waals surface area contributed by atoms with E-state index in [9.17, 15) is 0 Å². The Labute approximate surface area is 96.6 Å². The van der Waals surface area contributed by atoms with Gasteiger partial charge in [0.15, 0.2) is 5.82 Å². The van der Waals surface area contributed by atoms with Crippen molar-refractivity contribution >= 4 is 0 Å². The van der Waals surface area contributed by atoms with Crippen LogP contribution in [0.5, 0.6) is 0 Å². The van der Waals surface area contributed by atoms with Crippen molar-refractivity contribution in [1.29, 1.82) is 0 Å². The number of hydrogen-bond acceptors (Lipinski definition) is 4. The van der Waals surface area contributed by atoms with Crippen molar-refractivity contribution in [3.05, 3.63) is 5.82 Å². The van der Waals surface area contributed by atoms with Gasteiger partial charge in [0, 0.05) is 0 Å². The van der Waals surface area contributed by atoms with Crippen molar-refractivity contribution in [3.63, 3.8) is 0 Å². The SMILES string of the molecule is CCCNC(C)c1nnnn1C1CC1CC. The highest BCUT2D eigenvalue weighted by molar-refractivity contribution is 4.99. The van der Waals surface area contributed by atoms with Crippen LogP contribution in [0.3, 0.4) is 0 Å². The predicted molar refractivity (Wildman–Crippen MR) is 62.0 cm³/mol. The van der Waals surface area contributed by atoms with Gasteiger partial charge in [-0.15, -0.1) is 5.10 Å². The third-order valence-electron chi connectivity index (χ3n) is 3.33. The molecule has 1 saturated carbocycles. The Morgan fingerprint density at radius 3 is 2.94 bits per heavy atom. The quantitative estimate of drug-likeness (QED) is 0.797. The molecule has 3 unspecified atom stereocenters. The zero-order valence-corrected chi connectivity index (χ0v) is 10.3. The summed E-state index contributed by atoms with van der Waals surface area (Å²) in [6.07, 6.45) is 3.59. The van der Waals surface area contributed by atoms with Crippen LogP contribution in [-0.2, 0) is 0 Å². The van der Waals surface area contributed by atoms with E-state index in [1.165, 1.54) is 12.8 Å². The molecule has 0 spiro atoms. The van der Waals surface area contributed by atoms with E-state index in [0.717, 1.165) is 24.7 Å². The van der Waals surface area contributed by atoms with Crippen LogP contribution in [0.25, 0.3) is 0 Å². The first-order valence-corrected chi connectivity index (χ1v) is 6.29. The lowest BCUT2D eigenvalue weighted by molar-refractivity contribution is 0.475. The molecule has 1 N–H and O–H groups in total. The van der Waals surface area contributed by atoms with Crippen molar-refractivity contribution in [3.8, 4) is 0 Å². The van der Waals surface area contributed by atoms with Gasteiger partial charge in [0.25, 0.3) is 0 Å². The molecular formula is C11H21N5. The van der Waals surface area contributed by atoms with Crippen LogP contribution in [0.2, 0.25) is 0 Å². The first kappa shape index (κ1) is 11.5. The molecular weight excluding hydrogens is 202 g/mol. The zero-order valence-electron chi connectivity index (χ0n) is 10.3. The summed E-state index contributed by atoms with van der Waals surface area (Å²) in [4.78, 5) is 0. The van der Waals surface area contributed by atoms with Crippen molar-refractivity contribution < 1.29 is 0 Å². The highest BCUT2D eigenvalue weighted by atomic mass is 15.6. The van der Waals surface area contributed by atoms with E-state index in [1.807, 2.05) is 4.68 Å². The molecule has 2 rings (SSSR count). The van der Waals surface area contributed by atoms with Crippen LogP contribution in [0, 0.1) is 5.92 Å². The minimum Gasteiger partial charge on any atom is -0.307 e. The second-order valence-corrected chi connectivity index (χ2v) is 4.63. The molecule has 0 saturated heterocycles. The first-order chi connectivity index (χ1) is 7.77. The van der Waals surface area contributed by atoms with Crippen LogP contribution in [0.15, 0.2) is 0 Å². The molecule has 1 aliphatic rings. The van der Waals surface area contributed by atoms with E-state index in [4.69, 9.17) is 0 Å². The molecule has 0 bridgehead atoms. The van der Waals surface area contributed by atoms with Gasteiger partial charge in [0.1, 0.15) is 0 Å². The molecule has 1 fully saturated rings. The van der Waals surface area contributed by atoms with Gasteiger partial charge in [-0.1, -0.05) is 20.3 Å². The zero-order chi connectivity index (χ0) is 11.5. The Balaban J connectivity index is 2.02. The molecule has 5 nitrogen and oxygen atoms in total. The minimum atomic E-state index is 0.244. The number of hydrogen-bond donors (Lipinski definition) is 1. The summed E-state index contributed by atoms with van der Waals surface area (Å²) in [5, 5.41) is 15.5. The van der Waals surface area contributed by atoms with Gasteiger partial charge in [-0.2, -0.15) is 0 Å². The van der Waals surface area contributed by atoms with Crippen molar-refractivity contribution in [2.24, 2.45) is 5.92 Å². The van der Waals surface area contributed by atoms with Crippen molar-refractivity contribution in [1.82, 2.24) is 25.5 Å². The Kier molecular flexibility index (Phi) is 3.53. The Hall–Kier alpha value is -0.970. The third-order valence-corrected chi connectivity index (χ3v) is 3.33. The fraction of sp³-hybridized carbons (Fsp3) is 0.909. The van der Waals surface area contributed by atoms with Crippen LogP contribution >= 0.6 is 0 Å². The molecule has 0 amide bonds. The summed E-state index contributed by atoms with van der Waals surface area (Å²) in [6.45, 7) is 7.53. The molecule has 1 aliphatic carbocycles. The Morgan fingerprint density at radius 2 is 2.31 bits per heavy atom. The predicted octanol–water partition coefficient (Wildman–Crippen LogP) is 1.70. The lowest BCUT2D eigenvalue weighted by Crippen LogP contribution is -2.23. The van der Waals surface area contributed by atoms with Gasteiger partial charge in [-0.25, -0.2) is 4.68 Å². The van der Waals surface area contributed by atoms with Gasteiger partial charge < -0.3 is 5.32 Å². The maximum Gasteiger partial charge on any atom is 0.168 e. The fourth-order valence-corrected chi connectivity index (χ4v) is 2.14. The highest BCUT2D eigenvalue weighted by Crippen LogP contribution is 2.45. The van der Waals surface area contributed by atoms with Crippen molar-refractivity contribution in [2.75, 3.05) is 6.54 Å². The van der Waals surface area contributed by atoms with Gasteiger partial charge in [-0.3, -0.25) is 0 Å². The first-order valence-electron chi connectivity index (χ1n) is 6.29. The van der Waals surface area contributed by atoms with Gasteiger partial charge in [-0.05, 0) is 42.7 Å². The van der Waals surface area contributed by atoms with Crippen LogP contribution in [0.1, 0.15) is 57.9 Å². The molecule has 16 heavy (non-hydrogen) atoms. The van der Waals surface area contributed by atoms with E-state index < -0.39 is 0 Å². The summed E-state index contributed by atoms with van der Waals surface area (Å²) in [6, 6.07) is 0.786. The highest BCUT2D eigenvalue weighted by Gasteiger charge is 2.40. The Morgan fingerprint density at radius 1 is 1.50 bits per heavy atom. The van der Waals surface area contributed by atoms with Crippen LogP contribution in [0.4, 0.5) is 0 Å². The summed E-state index contributed by atoms with van der Waals surface area (Å²) < 4.78 is 2.02. The van der Waals surface area contributed by atoms with E-state index in [1.54, 1.807) is 0 Å². The number of rotatable bonds is 6. The molecule has 0 radical (unpaired) electrons.